The average molecular weight is 484 g/mol. The van der Waals surface area contributed by atoms with Gasteiger partial charge in [0, 0.05) is 23.3 Å². The van der Waals surface area contributed by atoms with Crippen LogP contribution in [0.4, 0.5) is 13.2 Å². The largest absolute Gasteiger partial charge is 0.491 e. The highest BCUT2D eigenvalue weighted by molar-refractivity contribution is 7.73. The van der Waals surface area contributed by atoms with Gasteiger partial charge in [-0.1, -0.05) is 0 Å². The molecule has 0 heterocycles. The molecule has 5 nitrogen and oxygen atoms in total. The second-order valence-electron chi connectivity index (χ2n) is 11.2. The van der Waals surface area contributed by atoms with Gasteiger partial charge >= 0.3 is 0 Å². The van der Waals surface area contributed by atoms with Crippen LogP contribution in [0.3, 0.4) is 0 Å². The van der Waals surface area contributed by atoms with Gasteiger partial charge in [-0.3, -0.25) is 4.79 Å². The monoisotopic (exact) mass is 483 g/mol. The zero-order chi connectivity index (χ0) is 23.1. The summed E-state index contributed by atoms with van der Waals surface area (Å²) in [5.41, 5.74) is -0.0574. The van der Waals surface area contributed by atoms with Crippen molar-refractivity contribution < 1.29 is 31.1 Å². The molecule has 0 aromatic heterocycles. The number of ether oxygens (including phenoxy) is 1. The summed E-state index contributed by atoms with van der Waals surface area (Å²) in [4.78, 5) is 12.1. The van der Waals surface area contributed by atoms with Crippen molar-refractivity contribution in [2.24, 2.45) is 29.1 Å². The summed E-state index contributed by atoms with van der Waals surface area (Å²) >= 11 is 0. The minimum atomic E-state index is -2.91. The van der Waals surface area contributed by atoms with Gasteiger partial charge in [-0.15, -0.1) is 0 Å². The Morgan fingerprint density at radius 3 is 2.33 bits per heavy atom. The first kappa shape index (κ1) is 21.7. The molecule has 0 aromatic carbocycles. The molecule has 0 aromatic rings. The molecular weight excluding hydrogens is 455 g/mol. The van der Waals surface area contributed by atoms with E-state index in [2.05, 4.69) is 5.32 Å². The van der Waals surface area contributed by atoms with Crippen LogP contribution >= 0.6 is 0 Å². The van der Waals surface area contributed by atoms with Gasteiger partial charge in [0.15, 0.2) is 11.0 Å². The number of nitrogens with one attached hydrogen (secondary N) is 1. The Morgan fingerprint density at radius 1 is 1.09 bits per heavy atom. The SMILES string of the molecule is O=C(NC1CC1)C1=CC(C2CC2)=C(OCC23CC4CC(C2)C(F)(F)C(C4)C3)C(=S(=O)=O)C1F. The van der Waals surface area contributed by atoms with Crippen molar-refractivity contribution in [1.82, 2.24) is 5.32 Å². The van der Waals surface area contributed by atoms with Crippen molar-refractivity contribution in [3.63, 3.8) is 0 Å². The van der Waals surface area contributed by atoms with E-state index in [0.717, 1.165) is 32.1 Å². The van der Waals surface area contributed by atoms with E-state index in [9.17, 15) is 22.0 Å². The zero-order valence-corrected chi connectivity index (χ0v) is 19.1. The maximum Gasteiger partial charge on any atom is 0.253 e. The van der Waals surface area contributed by atoms with Crippen molar-refractivity contribution >= 4 is 21.1 Å². The fourth-order valence-electron chi connectivity index (χ4n) is 6.86. The first-order valence-electron chi connectivity index (χ1n) is 12.0. The van der Waals surface area contributed by atoms with E-state index >= 15 is 4.39 Å². The molecule has 6 fully saturated rings. The van der Waals surface area contributed by atoms with E-state index in [1.54, 1.807) is 0 Å². The lowest BCUT2D eigenvalue weighted by Gasteiger charge is -2.59. The summed E-state index contributed by atoms with van der Waals surface area (Å²) in [7, 11) is -2.91. The van der Waals surface area contributed by atoms with Crippen molar-refractivity contribution in [2.75, 3.05) is 6.61 Å². The fourth-order valence-corrected chi connectivity index (χ4v) is 7.48. The highest BCUT2D eigenvalue weighted by Gasteiger charge is 2.64. The maximum atomic E-state index is 15.4. The van der Waals surface area contributed by atoms with E-state index < -0.39 is 50.4 Å². The van der Waals surface area contributed by atoms with Crippen LogP contribution in [-0.4, -0.2) is 43.9 Å². The number of carbonyl (C=O) groups is 1. The van der Waals surface area contributed by atoms with E-state index in [0.29, 0.717) is 31.3 Å². The molecule has 7 aliphatic carbocycles. The van der Waals surface area contributed by atoms with Gasteiger partial charge in [-0.2, -0.15) is 8.42 Å². The molecule has 3 atom stereocenters. The van der Waals surface area contributed by atoms with Gasteiger partial charge in [0.2, 0.25) is 10.3 Å². The van der Waals surface area contributed by atoms with Crippen LogP contribution in [0.25, 0.3) is 0 Å². The molecule has 1 N–H and O–H groups in total. The van der Waals surface area contributed by atoms with Gasteiger partial charge in [0.25, 0.3) is 11.8 Å². The van der Waals surface area contributed by atoms with E-state index in [-0.39, 0.29) is 35.8 Å². The van der Waals surface area contributed by atoms with Gasteiger partial charge in [0.05, 0.1) is 12.2 Å². The van der Waals surface area contributed by atoms with Crippen LogP contribution in [0.5, 0.6) is 0 Å². The number of hydrogen-bond acceptors (Lipinski definition) is 4. The van der Waals surface area contributed by atoms with Crippen molar-refractivity contribution in [1.29, 1.82) is 0 Å². The molecule has 4 bridgehead atoms. The lowest BCUT2D eigenvalue weighted by Crippen LogP contribution is -2.58. The highest BCUT2D eigenvalue weighted by atomic mass is 32.2. The smallest absolute Gasteiger partial charge is 0.253 e. The Bertz CT molecular complexity index is 1080. The molecule has 6 saturated carbocycles. The van der Waals surface area contributed by atoms with Crippen molar-refractivity contribution in [3.05, 3.63) is 23.0 Å². The van der Waals surface area contributed by atoms with Crippen molar-refractivity contribution in [2.45, 2.75) is 75.9 Å². The van der Waals surface area contributed by atoms with Gasteiger partial charge in [-0.05, 0) is 81.3 Å². The molecule has 0 aliphatic heterocycles. The molecular formula is C24H28F3NO4S. The van der Waals surface area contributed by atoms with Crippen LogP contribution in [-0.2, 0) is 19.8 Å². The normalized spacial score (nSPS) is 38.9. The number of rotatable bonds is 6. The summed E-state index contributed by atoms with van der Waals surface area (Å²) in [5, 5.41) is 2.74. The maximum absolute atomic E-state index is 15.4. The predicted molar refractivity (Wildman–Crippen MR) is 115 cm³/mol. The Kier molecular flexibility index (Phi) is 4.85. The number of hydrogen-bond donors (Lipinski definition) is 1. The third-order valence-electron chi connectivity index (χ3n) is 8.60. The van der Waals surface area contributed by atoms with E-state index in [4.69, 9.17) is 4.74 Å². The van der Waals surface area contributed by atoms with Crippen LogP contribution in [0.2, 0.25) is 0 Å². The van der Waals surface area contributed by atoms with Crippen molar-refractivity contribution in [3.8, 4) is 0 Å². The van der Waals surface area contributed by atoms with Crippen LogP contribution in [0.15, 0.2) is 23.0 Å². The lowest BCUT2D eigenvalue weighted by molar-refractivity contribution is -0.233. The standard InChI is InChI=1S/C24H28F3NO4S/c25-19-18(22(29)28-16-3-4-16)7-17(13-1-2-13)20(21(19)33(30)31)32-11-23-8-12-5-14(9-23)24(26,27)15(6-12)10-23/h7,12-16,19H,1-6,8-11H2,(H,28,29). The molecule has 3 unspecified atom stereocenters. The average Bonchev–Trinajstić information content (AvgIpc) is 3.64. The molecule has 9 heteroatoms. The fraction of sp³-hybridized carbons (Fsp3) is 0.750. The van der Waals surface area contributed by atoms with Gasteiger partial charge in [0.1, 0.15) is 5.76 Å². The summed E-state index contributed by atoms with van der Waals surface area (Å²) in [6, 6.07) is 0.0204. The van der Waals surface area contributed by atoms with E-state index in [1.807, 2.05) is 0 Å². The second kappa shape index (κ2) is 7.36. The topological polar surface area (TPSA) is 72.5 Å². The van der Waals surface area contributed by atoms with Gasteiger partial charge in [-0.25, -0.2) is 13.2 Å². The molecule has 7 aliphatic rings. The summed E-state index contributed by atoms with van der Waals surface area (Å²) < 4.78 is 75.1. The first-order chi connectivity index (χ1) is 15.7. The number of carbonyl (C=O) groups excluding carboxylic acids is 1. The number of alkyl halides is 3. The first-order valence-corrected chi connectivity index (χ1v) is 13.1. The second-order valence-corrected chi connectivity index (χ2v) is 12.1. The molecule has 7 rings (SSSR count). The highest BCUT2D eigenvalue weighted by Crippen LogP contribution is 2.65. The molecule has 0 spiro atoms. The number of allylic oxidation sites excluding steroid dienone is 3. The van der Waals surface area contributed by atoms with Crippen LogP contribution < -0.4 is 5.32 Å². The summed E-state index contributed by atoms with van der Waals surface area (Å²) in [6.07, 6.45) is 5.27. The van der Waals surface area contributed by atoms with Crippen LogP contribution in [0, 0.1) is 29.1 Å². The molecule has 0 radical (unpaired) electrons. The molecule has 180 valence electrons. The quantitative estimate of drug-likeness (QED) is 0.585. The predicted octanol–water partition coefficient (Wildman–Crippen LogP) is 3.74. The Hall–Kier alpha value is -1.77. The van der Waals surface area contributed by atoms with E-state index in [1.165, 1.54) is 6.08 Å². The van der Waals surface area contributed by atoms with Crippen LogP contribution in [0.1, 0.15) is 57.8 Å². The Labute approximate surface area is 192 Å². The Balaban J connectivity index is 1.31. The summed E-state index contributed by atoms with van der Waals surface area (Å²) in [6.45, 7) is 0.114. The third-order valence-corrected chi connectivity index (χ3v) is 9.35. The minimum absolute atomic E-state index is 0.00353. The minimum Gasteiger partial charge on any atom is -0.491 e. The number of amides is 1. The molecule has 1 amide bonds. The number of halogens is 3. The lowest BCUT2D eigenvalue weighted by atomic mass is 9.48. The summed E-state index contributed by atoms with van der Waals surface area (Å²) in [5.74, 6) is -4.25. The zero-order valence-electron chi connectivity index (χ0n) is 18.3. The molecule has 0 saturated heterocycles. The Morgan fingerprint density at radius 2 is 1.76 bits per heavy atom. The molecule has 33 heavy (non-hydrogen) atoms. The third kappa shape index (κ3) is 3.65. The van der Waals surface area contributed by atoms with Gasteiger partial charge < -0.3 is 10.1 Å².